The second-order valence-electron chi connectivity index (χ2n) is 4.37. The van der Waals surface area contributed by atoms with Crippen molar-refractivity contribution in [1.29, 1.82) is 5.26 Å². The Bertz CT molecular complexity index is 472. The highest BCUT2D eigenvalue weighted by Gasteiger charge is 2.18. The maximum absolute atomic E-state index is 9.36. The first-order chi connectivity index (χ1) is 8.22. The zero-order valence-corrected chi connectivity index (χ0v) is 11.8. The number of rotatable bonds is 1. The van der Waals surface area contributed by atoms with Crippen LogP contribution in [-0.2, 0) is 0 Å². The summed E-state index contributed by atoms with van der Waals surface area (Å²) >= 11 is 5.87. The number of hydrogen-bond donors (Lipinski definition) is 1. The molecule has 0 aliphatic carbocycles. The van der Waals surface area contributed by atoms with Gasteiger partial charge in [0.05, 0.1) is 11.6 Å². The molecule has 4 heteroatoms. The minimum Gasteiger partial charge on any atom is -0.316 e. The van der Waals surface area contributed by atoms with E-state index in [0.29, 0.717) is 10.9 Å². The first-order valence-corrected chi connectivity index (χ1v) is 6.20. The summed E-state index contributed by atoms with van der Waals surface area (Å²) in [7, 11) is 0. The van der Waals surface area contributed by atoms with Crippen LogP contribution in [0, 0.1) is 17.2 Å². The number of nitrogens with zero attached hydrogens (tertiary/aromatic N) is 1. The summed E-state index contributed by atoms with van der Waals surface area (Å²) in [4.78, 5) is 0. The molecule has 1 saturated heterocycles. The lowest BCUT2D eigenvalue weighted by Crippen LogP contribution is -2.30. The average Bonchev–Trinajstić information content (AvgIpc) is 2.35. The van der Waals surface area contributed by atoms with Gasteiger partial charge in [0.2, 0.25) is 0 Å². The van der Waals surface area contributed by atoms with Gasteiger partial charge in [-0.15, -0.1) is 12.4 Å². The fraction of sp³-hybridized carbons (Fsp3) is 0.357. The Kier molecular flexibility index (Phi) is 5.68. The van der Waals surface area contributed by atoms with Gasteiger partial charge in [0, 0.05) is 11.6 Å². The fourth-order valence-electron chi connectivity index (χ4n) is 2.22. The van der Waals surface area contributed by atoms with Gasteiger partial charge in [-0.2, -0.15) is 5.26 Å². The fourth-order valence-corrected chi connectivity index (χ4v) is 2.35. The van der Waals surface area contributed by atoms with Gasteiger partial charge >= 0.3 is 0 Å². The van der Waals surface area contributed by atoms with Crippen LogP contribution >= 0.6 is 24.0 Å². The number of hydrogen-bond acceptors (Lipinski definition) is 2. The highest BCUT2D eigenvalue weighted by atomic mass is 35.5. The molecule has 1 unspecified atom stereocenters. The summed E-state index contributed by atoms with van der Waals surface area (Å²) in [5.41, 5.74) is 3.05. The molecule has 0 radical (unpaired) electrons. The number of halogens is 2. The van der Waals surface area contributed by atoms with Crippen molar-refractivity contribution in [2.75, 3.05) is 13.1 Å². The molecular formula is C14H16Cl2N2. The highest BCUT2D eigenvalue weighted by Crippen LogP contribution is 2.28. The molecule has 0 spiro atoms. The smallest absolute Gasteiger partial charge is 0.0997 e. The molecule has 1 N–H and O–H groups in total. The third-order valence-electron chi connectivity index (χ3n) is 3.18. The average molecular weight is 283 g/mol. The van der Waals surface area contributed by atoms with Crippen LogP contribution in [0.1, 0.15) is 18.9 Å². The van der Waals surface area contributed by atoms with E-state index in [2.05, 4.69) is 18.3 Å². The number of piperidine rings is 1. The zero-order valence-electron chi connectivity index (χ0n) is 10.2. The van der Waals surface area contributed by atoms with E-state index in [4.69, 9.17) is 11.6 Å². The van der Waals surface area contributed by atoms with Gasteiger partial charge < -0.3 is 5.32 Å². The molecule has 1 heterocycles. The first-order valence-electron chi connectivity index (χ1n) is 5.82. The molecule has 1 aliphatic rings. The van der Waals surface area contributed by atoms with Gasteiger partial charge in [-0.1, -0.05) is 30.7 Å². The summed E-state index contributed by atoms with van der Waals surface area (Å²) in [6, 6.07) is 9.85. The molecule has 1 aliphatic heterocycles. The summed E-state index contributed by atoms with van der Waals surface area (Å²) in [5.74, 6) is 0.425. The van der Waals surface area contributed by atoms with Crippen LogP contribution < -0.4 is 5.32 Å². The van der Waals surface area contributed by atoms with Gasteiger partial charge in [0.15, 0.2) is 0 Å². The highest BCUT2D eigenvalue weighted by molar-refractivity contribution is 6.30. The zero-order chi connectivity index (χ0) is 12.3. The van der Waals surface area contributed by atoms with E-state index in [1.165, 1.54) is 5.57 Å². The molecule has 96 valence electrons. The van der Waals surface area contributed by atoms with E-state index in [1.54, 1.807) is 0 Å². The molecule has 0 bridgehead atoms. The molecule has 2 nitrogen and oxygen atoms in total. The molecule has 1 fully saturated rings. The molecule has 1 atom stereocenters. The van der Waals surface area contributed by atoms with Crippen molar-refractivity contribution >= 4 is 29.6 Å². The van der Waals surface area contributed by atoms with Gasteiger partial charge in [0.1, 0.15) is 0 Å². The summed E-state index contributed by atoms with van der Waals surface area (Å²) in [5, 5.41) is 13.4. The van der Waals surface area contributed by atoms with Crippen molar-refractivity contribution in [2.45, 2.75) is 13.3 Å². The Morgan fingerprint density at radius 2 is 2.06 bits per heavy atom. The maximum Gasteiger partial charge on any atom is 0.0997 e. The van der Waals surface area contributed by atoms with Gasteiger partial charge in [0.25, 0.3) is 0 Å². The van der Waals surface area contributed by atoms with Crippen molar-refractivity contribution in [2.24, 2.45) is 5.92 Å². The van der Waals surface area contributed by atoms with E-state index in [-0.39, 0.29) is 12.4 Å². The van der Waals surface area contributed by atoms with Gasteiger partial charge in [-0.3, -0.25) is 0 Å². The lowest BCUT2D eigenvalue weighted by atomic mass is 9.88. The molecule has 1 aromatic carbocycles. The van der Waals surface area contributed by atoms with Crippen LogP contribution in [0.25, 0.3) is 5.57 Å². The molecule has 18 heavy (non-hydrogen) atoms. The number of benzene rings is 1. The largest absolute Gasteiger partial charge is 0.316 e. The number of allylic oxidation sites excluding steroid dienone is 1. The van der Waals surface area contributed by atoms with Crippen LogP contribution in [0.2, 0.25) is 5.02 Å². The van der Waals surface area contributed by atoms with Crippen LogP contribution in [0.15, 0.2) is 29.8 Å². The SMILES string of the molecule is CC1CNCCC1=C(C#N)c1ccc(Cl)cc1.Cl. The molecule has 0 amide bonds. The van der Waals surface area contributed by atoms with Crippen molar-refractivity contribution in [3.05, 3.63) is 40.4 Å². The first kappa shape index (κ1) is 15.0. The van der Waals surface area contributed by atoms with Crippen LogP contribution in [0.4, 0.5) is 0 Å². The monoisotopic (exact) mass is 282 g/mol. The third kappa shape index (κ3) is 3.26. The topological polar surface area (TPSA) is 35.8 Å². The maximum atomic E-state index is 9.36. The predicted octanol–water partition coefficient (Wildman–Crippen LogP) is 3.67. The molecule has 0 aromatic heterocycles. The minimum atomic E-state index is 0. The van der Waals surface area contributed by atoms with Crippen LogP contribution in [0.5, 0.6) is 0 Å². The van der Waals surface area contributed by atoms with Crippen molar-refractivity contribution in [3.8, 4) is 6.07 Å². The molecule has 2 rings (SSSR count). The lowest BCUT2D eigenvalue weighted by Gasteiger charge is -2.24. The van der Waals surface area contributed by atoms with E-state index in [1.807, 2.05) is 24.3 Å². The van der Waals surface area contributed by atoms with Gasteiger partial charge in [-0.25, -0.2) is 0 Å². The minimum absolute atomic E-state index is 0. The van der Waals surface area contributed by atoms with Crippen molar-refractivity contribution in [3.63, 3.8) is 0 Å². The normalized spacial score (nSPS) is 21.7. The standard InChI is InChI=1S/C14H15ClN2.ClH/c1-10-9-17-7-6-13(10)14(8-16)11-2-4-12(15)5-3-11;/h2-5,10,17H,6-7,9H2,1H3;1H. The summed E-state index contributed by atoms with van der Waals surface area (Å²) in [6.45, 7) is 4.07. The lowest BCUT2D eigenvalue weighted by molar-refractivity contribution is 0.504. The Hall–Kier alpha value is -1.01. The number of nitriles is 1. The predicted molar refractivity (Wildman–Crippen MR) is 77.9 cm³/mol. The quantitative estimate of drug-likeness (QED) is 0.798. The summed E-state index contributed by atoms with van der Waals surface area (Å²) in [6.07, 6.45) is 0.951. The van der Waals surface area contributed by atoms with Crippen molar-refractivity contribution in [1.82, 2.24) is 5.32 Å². The third-order valence-corrected chi connectivity index (χ3v) is 3.43. The Morgan fingerprint density at radius 3 is 2.61 bits per heavy atom. The second kappa shape index (κ2) is 6.80. The van der Waals surface area contributed by atoms with E-state index < -0.39 is 0 Å². The van der Waals surface area contributed by atoms with E-state index >= 15 is 0 Å². The summed E-state index contributed by atoms with van der Waals surface area (Å²) < 4.78 is 0. The van der Waals surface area contributed by atoms with E-state index in [0.717, 1.165) is 30.6 Å². The van der Waals surface area contributed by atoms with Gasteiger partial charge in [-0.05, 0) is 42.2 Å². The Labute approximate surface area is 119 Å². The van der Waals surface area contributed by atoms with E-state index in [9.17, 15) is 5.26 Å². The van der Waals surface area contributed by atoms with Crippen LogP contribution in [-0.4, -0.2) is 13.1 Å². The molecule has 0 saturated carbocycles. The molecule has 1 aromatic rings. The molecular weight excluding hydrogens is 267 g/mol. The van der Waals surface area contributed by atoms with Crippen LogP contribution in [0.3, 0.4) is 0 Å². The van der Waals surface area contributed by atoms with Crippen molar-refractivity contribution < 1.29 is 0 Å². The number of nitrogens with one attached hydrogen (secondary N) is 1. The Morgan fingerprint density at radius 1 is 1.39 bits per heavy atom. The Balaban J connectivity index is 0.00000162. The second-order valence-corrected chi connectivity index (χ2v) is 4.81.